The molecule has 1 heterocycles. The number of fused-ring (bicyclic) bond motifs is 1. The Labute approximate surface area is 148 Å². The second-order valence-corrected chi connectivity index (χ2v) is 5.97. The van der Waals surface area contributed by atoms with Crippen molar-refractivity contribution in [3.05, 3.63) is 53.6 Å². The maximum Gasteiger partial charge on any atom is 0.119 e. The van der Waals surface area contributed by atoms with Crippen molar-refractivity contribution in [2.45, 2.75) is 20.4 Å². The molecule has 2 aromatic carbocycles. The highest BCUT2D eigenvalue weighted by Gasteiger charge is 2.17. The summed E-state index contributed by atoms with van der Waals surface area (Å²) in [6.07, 6.45) is 0. The van der Waals surface area contributed by atoms with Gasteiger partial charge in [0.15, 0.2) is 0 Å². The van der Waals surface area contributed by atoms with Crippen LogP contribution in [0.3, 0.4) is 0 Å². The van der Waals surface area contributed by atoms with Gasteiger partial charge in [-0.05, 0) is 55.3 Å². The molecule has 1 aromatic heterocycles. The van der Waals surface area contributed by atoms with E-state index in [0.29, 0.717) is 13.2 Å². The van der Waals surface area contributed by atoms with Gasteiger partial charge in [0.2, 0.25) is 0 Å². The van der Waals surface area contributed by atoms with Gasteiger partial charge in [-0.25, -0.2) is 0 Å². The van der Waals surface area contributed by atoms with Gasteiger partial charge in [0.25, 0.3) is 0 Å². The van der Waals surface area contributed by atoms with Crippen LogP contribution < -0.4 is 4.74 Å². The number of aromatic nitrogens is 1. The maximum absolute atomic E-state index is 9.75. The molecule has 0 aliphatic heterocycles. The van der Waals surface area contributed by atoms with E-state index in [1.54, 1.807) is 7.11 Å². The Balaban J connectivity index is 2.07. The molecule has 4 heteroatoms. The SMILES string of the molecule is CCn1c(-c2ccc(OCCOC)cc2)c(C#N)c2ccc(C)cc21. The number of hydrogen-bond acceptors (Lipinski definition) is 3. The number of ether oxygens (including phenoxy) is 2. The number of rotatable bonds is 6. The summed E-state index contributed by atoms with van der Waals surface area (Å²) in [6, 6.07) is 16.5. The smallest absolute Gasteiger partial charge is 0.119 e. The molecule has 0 spiro atoms. The van der Waals surface area contributed by atoms with Gasteiger partial charge in [0.1, 0.15) is 18.4 Å². The van der Waals surface area contributed by atoms with E-state index >= 15 is 0 Å². The number of benzene rings is 2. The van der Waals surface area contributed by atoms with Crippen LogP contribution in [0.5, 0.6) is 5.75 Å². The predicted octanol–water partition coefficient (Wildman–Crippen LogP) is 4.53. The summed E-state index contributed by atoms with van der Waals surface area (Å²) in [5.74, 6) is 0.800. The third kappa shape index (κ3) is 3.24. The number of hydrogen-bond donors (Lipinski definition) is 0. The summed E-state index contributed by atoms with van der Waals surface area (Å²) >= 11 is 0. The summed E-state index contributed by atoms with van der Waals surface area (Å²) in [5, 5.41) is 10.8. The van der Waals surface area contributed by atoms with Crippen LogP contribution in [0, 0.1) is 18.3 Å². The molecule has 0 bridgehead atoms. The number of methoxy groups -OCH3 is 1. The molecule has 25 heavy (non-hydrogen) atoms. The van der Waals surface area contributed by atoms with Gasteiger partial charge in [0, 0.05) is 19.0 Å². The van der Waals surface area contributed by atoms with E-state index in [1.807, 2.05) is 30.3 Å². The second-order valence-electron chi connectivity index (χ2n) is 5.97. The Hall–Kier alpha value is -2.77. The van der Waals surface area contributed by atoms with Crippen LogP contribution in [0.15, 0.2) is 42.5 Å². The summed E-state index contributed by atoms with van der Waals surface area (Å²) in [6.45, 7) is 6.07. The van der Waals surface area contributed by atoms with Crippen LogP contribution in [0.25, 0.3) is 22.2 Å². The van der Waals surface area contributed by atoms with Crippen LogP contribution in [0.2, 0.25) is 0 Å². The zero-order chi connectivity index (χ0) is 17.8. The molecule has 0 aliphatic carbocycles. The van der Waals surface area contributed by atoms with E-state index in [-0.39, 0.29) is 0 Å². The zero-order valence-corrected chi connectivity index (χ0v) is 14.9. The third-order valence-corrected chi connectivity index (χ3v) is 4.33. The monoisotopic (exact) mass is 334 g/mol. The first-order valence-electron chi connectivity index (χ1n) is 8.44. The zero-order valence-electron chi connectivity index (χ0n) is 14.9. The first-order valence-corrected chi connectivity index (χ1v) is 8.44. The summed E-state index contributed by atoms with van der Waals surface area (Å²) < 4.78 is 12.8. The average Bonchev–Trinajstić information content (AvgIpc) is 2.95. The van der Waals surface area contributed by atoms with Crippen molar-refractivity contribution in [2.24, 2.45) is 0 Å². The van der Waals surface area contributed by atoms with Gasteiger partial charge in [0.05, 0.1) is 23.4 Å². The van der Waals surface area contributed by atoms with Crippen molar-refractivity contribution >= 4 is 10.9 Å². The fraction of sp³-hybridized carbons (Fsp3) is 0.286. The van der Waals surface area contributed by atoms with E-state index < -0.39 is 0 Å². The van der Waals surface area contributed by atoms with E-state index in [0.717, 1.165) is 40.0 Å². The topological polar surface area (TPSA) is 47.2 Å². The average molecular weight is 334 g/mol. The van der Waals surface area contributed by atoms with Gasteiger partial charge < -0.3 is 14.0 Å². The highest BCUT2D eigenvalue weighted by atomic mass is 16.5. The lowest BCUT2D eigenvalue weighted by Gasteiger charge is -2.10. The quantitative estimate of drug-likeness (QED) is 0.622. The molecule has 0 atom stereocenters. The molecule has 3 rings (SSSR count). The Bertz CT molecular complexity index is 918. The fourth-order valence-electron chi connectivity index (χ4n) is 3.15. The minimum Gasteiger partial charge on any atom is -0.491 e. The van der Waals surface area contributed by atoms with Crippen molar-refractivity contribution < 1.29 is 9.47 Å². The van der Waals surface area contributed by atoms with Gasteiger partial charge in [-0.15, -0.1) is 0 Å². The van der Waals surface area contributed by atoms with Gasteiger partial charge >= 0.3 is 0 Å². The molecule has 0 saturated heterocycles. The fourth-order valence-corrected chi connectivity index (χ4v) is 3.15. The number of nitriles is 1. The first kappa shape index (κ1) is 17.1. The lowest BCUT2D eigenvalue weighted by atomic mass is 10.1. The second kappa shape index (κ2) is 7.42. The van der Waals surface area contributed by atoms with Crippen LogP contribution >= 0.6 is 0 Å². The Morgan fingerprint density at radius 2 is 1.84 bits per heavy atom. The highest BCUT2D eigenvalue weighted by molar-refractivity contribution is 5.94. The van der Waals surface area contributed by atoms with Crippen molar-refractivity contribution in [3.8, 4) is 23.1 Å². The van der Waals surface area contributed by atoms with Crippen molar-refractivity contribution in [3.63, 3.8) is 0 Å². The minimum absolute atomic E-state index is 0.522. The maximum atomic E-state index is 9.75. The van der Waals surface area contributed by atoms with E-state index in [4.69, 9.17) is 9.47 Å². The van der Waals surface area contributed by atoms with E-state index in [1.165, 1.54) is 5.56 Å². The molecule has 0 N–H and O–H groups in total. The number of nitrogens with zero attached hydrogens (tertiary/aromatic N) is 2. The molecule has 0 fully saturated rings. The Morgan fingerprint density at radius 3 is 2.48 bits per heavy atom. The van der Waals surface area contributed by atoms with Gasteiger partial charge in [-0.2, -0.15) is 5.26 Å². The van der Waals surface area contributed by atoms with Crippen molar-refractivity contribution in [1.29, 1.82) is 5.26 Å². The molecule has 0 saturated carbocycles. The molecule has 3 aromatic rings. The molecular weight excluding hydrogens is 312 g/mol. The lowest BCUT2D eigenvalue weighted by Crippen LogP contribution is -2.04. The van der Waals surface area contributed by atoms with Crippen LogP contribution in [0.4, 0.5) is 0 Å². The van der Waals surface area contributed by atoms with Gasteiger partial charge in [-0.1, -0.05) is 12.1 Å². The predicted molar refractivity (Wildman–Crippen MR) is 99.9 cm³/mol. The van der Waals surface area contributed by atoms with E-state index in [2.05, 4.69) is 36.6 Å². The van der Waals surface area contributed by atoms with Crippen molar-refractivity contribution in [2.75, 3.05) is 20.3 Å². The van der Waals surface area contributed by atoms with Crippen LogP contribution in [0.1, 0.15) is 18.1 Å². The normalized spacial score (nSPS) is 10.8. The van der Waals surface area contributed by atoms with Crippen LogP contribution in [-0.2, 0) is 11.3 Å². The molecule has 4 nitrogen and oxygen atoms in total. The minimum atomic E-state index is 0.522. The first-order chi connectivity index (χ1) is 12.2. The van der Waals surface area contributed by atoms with Crippen molar-refractivity contribution in [1.82, 2.24) is 4.57 Å². The molecular formula is C21H22N2O2. The Kier molecular flexibility index (Phi) is 5.06. The summed E-state index contributed by atoms with van der Waals surface area (Å²) in [4.78, 5) is 0. The number of aryl methyl sites for hydroxylation is 2. The molecule has 0 unspecified atom stereocenters. The lowest BCUT2D eigenvalue weighted by molar-refractivity contribution is 0.146. The third-order valence-electron chi connectivity index (χ3n) is 4.33. The molecule has 128 valence electrons. The molecule has 0 amide bonds. The highest BCUT2D eigenvalue weighted by Crippen LogP contribution is 2.34. The van der Waals surface area contributed by atoms with Crippen LogP contribution in [-0.4, -0.2) is 24.9 Å². The summed E-state index contributed by atoms with van der Waals surface area (Å²) in [7, 11) is 1.65. The molecule has 0 aliphatic rings. The Morgan fingerprint density at radius 1 is 1.08 bits per heavy atom. The molecule has 0 radical (unpaired) electrons. The largest absolute Gasteiger partial charge is 0.491 e. The van der Waals surface area contributed by atoms with E-state index in [9.17, 15) is 5.26 Å². The summed E-state index contributed by atoms with van der Waals surface area (Å²) in [5.41, 5.74) is 5.01. The standard InChI is InChI=1S/C21H22N2O2/c1-4-23-20-13-15(2)5-10-18(20)19(14-22)21(23)16-6-8-17(9-7-16)25-12-11-24-3/h5-10,13H,4,11-12H2,1-3H3. The van der Waals surface area contributed by atoms with Gasteiger partial charge in [-0.3, -0.25) is 0 Å².